The first-order valence-corrected chi connectivity index (χ1v) is 12.7. The van der Waals surface area contributed by atoms with E-state index in [2.05, 4.69) is 22.5 Å². The summed E-state index contributed by atoms with van der Waals surface area (Å²) in [6.07, 6.45) is 0.924. The van der Waals surface area contributed by atoms with Gasteiger partial charge in [0, 0.05) is 16.8 Å². The molecule has 0 aliphatic rings. The van der Waals surface area contributed by atoms with E-state index in [0.29, 0.717) is 32.9 Å². The van der Waals surface area contributed by atoms with Crippen molar-refractivity contribution in [1.82, 2.24) is 10.3 Å². The van der Waals surface area contributed by atoms with E-state index in [4.69, 9.17) is 44.3 Å². The summed E-state index contributed by atoms with van der Waals surface area (Å²) in [5.74, 6) is 0.508. The van der Waals surface area contributed by atoms with E-state index < -0.39 is 5.91 Å². The molecule has 3 aromatic carbocycles. The van der Waals surface area contributed by atoms with Crippen LogP contribution in [0.1, 0.15) is 28.6 Å². The van der Waals surface area contributed by atoms with Crippen molar-refractivity contribution in [3.8, 4) is 22.8 Å². The van der Waals surface area contributed by atoms with Crippen molar-refractivity contribution in [2.24, 2.45) is 0 Å². The zero-order valence-electron chi connectivity index (χ0n) is 19.9. The van der Waals surface area contributed by atoms with Gasteiger partial charge in [0.15, 0.2) is 16.5 Å². The van der Waals surface area contributed by atoms with Crippen LogP contribution >= 0.6 is 35.4 Å². The number of nitrogens with one attached hydrogen (secondary N) is 2. The van der Waals surface area contributed by atoms with E-state index in [1.807, 2.05) is 43.3 Å². The third-order valence-electron chi connectivity index (χ3n) is 5.87. The molecule has 0 saturated carbocycles. The first-order chi connectivity index (χ1) is 17.8. The molecule has 0 fully saturated rings. The second-order valence-electron chi connectivity index (χ2n) is 8.38. The second-order valence-corrected chi connectivity index (χ2v) is 9.57. The number of oxazole rings is 1. The highest BCUT2D eigenvalue weighted by Gasteiger charge is 2.17. The number of carbonyl (C=O) groups excluding carboxylic acids is 1. The Kier molecular flexibility index (Phi) is 7.02. The summed E-state index contributed by atoms with van der Waals surface area (Å²) in [5, 5.41) is 6.59. The zero-order valence-corrected chi connectivity index (χ0v) is 22.2. The minimum Gasteiger partial charge on any atom is -0.451 e. The average molecular weight is 550 g/mol. The van der Waals surface area contributed by atoms with Gasteiger partial charge in [-0.3, -0.25) is 10.1 Å². The molecule has 2 heterocycles. The van der Waals surface area contributed by atoms with Crippen molar-refractivity contribution >= 4 is 63.2 Å². The molecule has 0 aliphatic carbocycles. The van der Waals surface area contributed by atoms with Crippen LogP contribution in [-0.2, 0) is 6.42 Å². The molecule has 5 aromatic rings. The van der Waals surface area contributed by atoms with Crippen LogP contribution in [0.2, 0.25) is 10.0 Å². The van der Waals surface area contributed by atoms with Crippen molar-refractivity contribution in [1.29, 1.82) is 0 Å². The van der Waals surface area contributed by atoms with Crippen LogP contribution in [0.4, 0.5) is 5.69 Å². The third-order valence-corrected chi connectivity index (χ3v) is 6.89. The Hall–Kier alpha value is -3.65. The average Bonchev–Trinajstić information content (AvgIpc) is 3.54. The Labute approximate surface area is 228 Å². The molecule has 0 bridgehead atoms. The fourth-order valence-electron chi connectivity index (χ4n) is 3.82. The normalized spacial score (nSPS) is 11.0. The molecule has 5 rings (SSSR count). The van der Waals surface area contributed by atoms with Crippen molar-refractivity contribution in [2.45, 2.75) is 20.3 Å². The van der Waals surface area contributed by atoms with Gasteiger partial charge >= 0.3 is 0 Å². The summed E-state index contributed by atoms with van der Waals surface area (Å²) >= 11 is 17.7. The number of aryl methyl sites for hydroxylation is 2. The highest BCUT2D eigenvalue weighted by Crippen LogP contribution is 2.34. The second kappa shape index (κ2) is 10.4. The van der Waals surface area contributed by atoms with Crippen LogP contribution in [0.15, 0.2) is 75.6 Å². The number of aromatic nitrogens is 1. The number of hydrogen-bond donors (Lipinski definition) is 2. The van der Waals surface area contributed by atoms with Gasteiger partial charge in [0.05, 0.1) is 10.0 Å². The first-order valence-electron chi connectivity index (χ1n) is 11.5. The Balaban J connectivity index is 1.31. The number of fused-ring (bicyclic) bond motifs is 1. The molecule has 0 saturated heterocycles. The molecule has 9 heteroatoms. The van der Waals surface area contributed by atoms with Gasteiger partial charge in [-0.25, -0.2) is 4.98 Å². The lowest BCUT2D eigenvalue weighted by molar-refractivity contribution is 0.0951. The van der Waals surface area contributed by atoms with Crippen molar-refractivity contribution in [2.75, 3.05) is 5.32 Å². The highest BCUT2D eigenvalue weighted by molar-refractivity contribution is 7.80. The van der Waals surface area contributed by atoms with Crippen LogP contribution in [0.3, 0.4) is 0 Å². The fraction of sp³-hybridized carbons (Fsp3) is 0.107. The summed E-state index contributed by atoms with van der Waals surface area (Å²) < 4.78 is 11.7. The number of benzene rings is 3. The number of thiocarbonyl (C=S) groups is 1. The van der Waals surface area contributed by atoms with Crippen LogP contribution in [0.5, 0.6) is 0 Å². The molecular weight excluding hydrogens is 529 g/mol. The quantitative estimate of drug-likeness (QED) is 0.216. The summed E-state index contributed by atoms with van der Waals surface area (Å²) in [6.45, 7) is 4.03. The van der Waals surface area contributed by atoms with Gasteiger partial charge < -0.3 is 14.2 Å². The van der Waals surface area contributed by atoms with Crippen LogP contribution in [0.25, 0.3) is 33.9 Å². The highest BCUT2D eigenvalue weighted by atomic mass is 35.5. The van der Waals surface area contributed by atoms with E-state index >= 15 is 0 Å². The van der Waals surface area contributed by atoms with Gasteiger partial charge in [0.25, 0.3) is 5.91 Å². The molecule has 0 atom stereocenters. The molecule has 2 aromatic heterocycles. The number of amides is 1. The molecule has 37 heavy (non-hydrogen) atoms. The maximum absolute atomic E-state index is 12.8. The molecule has 6 nitrogen and oxygen atoms in total. The molecule has 0 aliphatic heterocycles. The van der Waals surface area contributed by atoms with E-state index in [9.17, 15) is 4.79 Å². The monoisotopic (exact) mass is 549 g/mol. The summed E-state index contributed by atoms with van der Waals surface area (Å²) in [4.78, 5) is 17.4. The van der Waals surface area contributed by atoms with Crippen molar-refractivity contribution < 1.29 is 13.6 Å². The fourth-order valence-corrected chi connectivity index (χ4v) is 4.42. The van der Waals surface area contributed by atoms with E-state index in [-0.39, 0.29) is 10.9 Å². The largest absolute Gasteiger partial charge is 0.451 e. The third kappa shape index (κ3) is 5.25. The van der Waals surface area contributed by atoms with E-state index in [1.165, 1.54) is 5.56 Å². The maximum atomic E-state index is 12.8. The van der Waals surface area contributed by atoms with Crippen molar-refractivity contribution in [3.05, 3.63) is 93.7 Å². The summed E-state index contributed by atoms with van der Waals surface area (Å²) in [7, 11) is 0. The predicted octanol–water partition coefficient (Wildman–Crippen LogP) is 8.06. The SMILES string of the molecule is CCc1ccc2oc(-c3ccc(C)c(NC(=S)NC(=O)c4ccc(-c5cccc(Cl)c5Cl)o4)c3)nc2c1. The number of furan rings is 1. The van der Waals surface area contributed by atoms with Gasteiger partial charge in [0.1, 0.15) is 11.3 Å². The molecule has 0 unspecified atom stereocenters. The number of anilines is 1. The molecule has 0 radical (unpaired) electrons. The van der Waals surface area contributed by atoms with Crippen LogP contribution in [0, 0.1) is 6.92 Å². The number of hydrogen-bond acceptors (Lipinski definition) is 5. The van der Waals surface area contributed by atoms with Gasteiger partial charge in [0.2, 0.25) is 5.89 Å². The minimum atomic E-state index is -0.499. The van der Waals surface area contributed by atoms with E-state index in [0.717, 1.165) is 28.6 Å². The van der Waals surface area contributed by atoms with Crippen molar-refractivity contribution in [3.63, 3.8) is 0 Å². The van der Waals surface area contributed by atoms with Crippen LogP contribution < -0.4 is 10.6 Å². The molecule has 0 spiro atoms. The lowest BCUT2D eigenvalue weighted by atomic mass is 10.1. The lowest BCUT2D eigenvalue weighted by Gasteiger charge is -2.12. The zero-order chi connectivity index (χ0) is 26.1. The summed E-state index contributed by atoms with van der Waals surface area (Å²) in [5.41, 5.74) is 5.74. The van der Waals surface area contributed by atoms with Gasteiger partial charge in [-0.05, 0) is 85.2 Å². The van der Waals surface area contributed by atoms with Gasteiger partial charge in [-0.2, -0.15) is 0 Å². The number of halogens is 2. The Morgan fingerprint density at radius 3 is 2.68 bits per heavy atom. The maximum Gasteiger partial charge on any atom is 0.293 e. The van der Waals surface area contributed by atoms with Crippen LogP contribution in [-0.4, -0.2) is 16.0 Å². The first kappa shape index (κ1) is 25.0. The number of nitrogens with zero attached hydrogens (tertiary/aromatic N) is 1. The molecule has 1 amide bonds. The summed E-state index contributed by atoms with van der Waals surface area (Å²) in [6, 6.07) is 20.1. The molecular formula is C28H21Cl2N3O3S. The Morgan fingerprint density at radius 2 is 1.86 bits per heavy atom. The molecule has 186 valence electrons. The smallest absolute Gasteiger partial charge is 0.293 e. The minimum absolute atomic E-state index is 0.0820. The topological polar surface area (TPSA) is 80.3 Å². The number of rotatable bonds is 5. The standard InChI is InChI=1S/C28H21Cl2N3O3S/c1-3-16-8-10-23-21(13-16)31-27(36-23)17-9-7-15(2)20(14-17)32-28(37)33-26(34)24-12-11-22(35-24)18-5-4-6-19(29)25(18)30/h4-14H,3H2,1-2H3,(H2,32,33,34,37). The number of carbonyl (C=O) groups is 1. The Morgan fingerprint density at radius 1 is 1.03 bits per heavy atom. The molecule has 2 N–H and O–H groups in total. The van der Waals surface area contributed by atoms with Gasteiger partial charge in [-0.1, -0.05) is 48.3 Å². The Bertz CT molecular complexity index is 1660. The van der Waals surface area contributed by atoms with E-state index in [1.54, 1.807) is 30.3 Å². The van der Waals surface area contributed by atoms with Gasteiger partial charge in [-0.15, -0.1) is 0 Å². The predicted molar refractivity (Wildman–Crippen MR) is 151 cm³/mol. The lowest BCUT2D eigenvalue weighted by Crippen LogP contribution is -2.34.